The molecular weight excluding hydrogens is 587 g/mol. The fourth-order valence-corrected chi connectivity index (χ4v) is 12.7. The summed E-state index contributed by atoms with van der Waals surface area (Å²) in [6.45, 7) is 0. The van der Waals surface area contributed by atoms with Crippen molar-refractivity contribution in [1.82, 2.24) is 4.57 Å². The molecule has 0 saturated carbocycles. The number of aromatic nitrogens is 1. The van der Waals surface area contributed by atoms with Gasteiger partial charge in [-0.2, -0.15) is 0 Å². The average molecular weight is 606 g/mol. The molecule has 0 amide bonds. The van der Waals surface area contributed by atoms with Crippen LogP contribution in [0.15, 0.2) is 97.1 Å². The molecule has 5 heteroatoms. The van der Waals surface area contributed by atoms with Crippen LogP contribution in [-0.2, 0) is 7.05 Å². The fraction of sp³-hybridized carbons (Fsp3) is 0.0270. The number of benzene rings is 6. The van der Waals surface area contributed by atoms with Crippen molar-refractivity contribution in [2.45, 2.75) is 0 Å². The molecule has 0 saturated heterocycles. The van der Waals surface area contributed by atoms with Gasteiger partial charge in [0.05, 0.1) is 29.8 Å². The second-order valence-electron chi connectivity index (χ2n) is 11.2. The van der Waals surface area contributed by atoms with E-state index in [-0.39, 0.29) is 0 Å². The van der Waals surface area contributed by atoms with Crippen LogP contribution >= 0.6 is 45.3 Å². The number of aryl methyl sites for hydroxylation is 1. The molecule has 1 nitrogen and oxygen atoms in total. The molecule has 11 aromatic rings. The smallest absolute Gasteiger partial charge is 0.0591 e. The maximum atomic E-state index is 2.56. The molecule has 5 aromatic heterocycles. The minimum absolute atomic E-state index is 1.36. The third-order valence-corrected chi connectivity index (χ3v) is 14.2. The predicted molar refractivity (Wildman–Crippen MR) is 192 cm³/mol. The van der Waals surface area contributed by atoms with E-state index >= 15 is 0 Å². The Labute approximate surface area is 255 Å². The third kappa shape index (κ3) is 2.53. The van der Waals surface area contributed by atoms with Crippen LogP contribution in [0.2, 0.25) is 0 Å². The molecule has 196 valence electrons. The van der Waals surface area contributed by atoms with Crippen molar-refractivity contribution in [3.8, 4) is 0 Å². The molecule has 0 aliphatic carbocycles. The van der Waals surface area contributed by atoms with Crippen molar-refractivity contribution in [3.05, 3.63) is 97.1 Å². The van der Waals surface area contributed by atoms with E-state index in [1.807, 2.05) is 45.3 Å². The Morgan fingerprint density at radius 1 is 0.357 bits per heavy atom. The van der Waals surface area contributed by atoms with Crippen LogP contribution in [0, 0.1) is 0 Å². The van der Waals surface area contributed by atoms with Gasteiger partial charge in [-0.1, -0.05) is 72.8 Å². The number of fused-ring (bicyclic) bond motifs is 21. The maximum Gasteiger partial charge on any atom is 0.0591 e. The van der Waals surface area contributed by atoms with E-state index in [1.165, 1.54) is 102 Å². The van der Waals surface area contributed by atoms with Gasteiger partial charge >= 0.3 is 0 Å². The molecule has 5 heterocycles. The third-order valence-electron chi connectivity index (χ3n) is 9.16. The molecule has 0 atom stereocenters. The van der Waals surface area contributed by atoms with E-state index < -0.39 is 0 Å². The van der Waals surface area contributed by atoms with Crippen LogP contribution in [0.25, 0.3) is 102 Å². The van der Waals surface area contributed by atoms with E-state index in [0.29, 0.717) is 0 Å². The highest BCUT2D eigenvalue weighted by molar-refractivity contribution is 7.34. The predicted octanol–water partition coefficient (Wildman–Crippen LogP) is 12.8. The number of hydrogen-bond acceptors (Lipinski definition) is 4. The normalized spacial score (nSPS) is 12.9. The lowest BCUT2D eigenvalue weighted by Crippen LogP contribution is -1.88. The van der Waals surface area contributed by atoms with Gasteiger partial charge in [0.15, 0.2) is 0 Å². The topological polar surface area (TPSA) is 4.93 Å². The highest BCUT2D eigenvalue weighted by Crippen LogP contribution is 2.56. The summed E-state index contributed by atoms with van der Waals surface area (Å²) in [6.07, 6.45) is 0. The standard InChI is InChI=1S/C37H19NS4/c1-38-32-28-20-12-4-8-16-24(20)41-36(28)34-26(18-10-2-6-14-22(18)39-34)30(32)31-27-19-11-3-7-15-23(19)40-35(27)37-29(33(31)38)21-13-5-9-17-25(21)42-37/h2-17H,1H3. The summed E-state index contributed by atoms with van der Waals surface area (Å²) in [7, 11) is 2.32. The number of thiophene rings is 4. The average Bonchev–Trinajstić information content (AvgIpc) is 3.82. The van der Waals surface area contributed by atoms with Crippen LogP contribution in [0.5, 0.6) is 0 Å². The number of hydrogen-bond donors (Lipinski definition) is 0. The minimum atomic E-state index is 1.36. The first-order valence-electron chi connectivity index (χ1n) is 14.1. The Kier molecular flexibility index (Phi) is 4.13. The molecule has 0 spiro atoms. The van der Waals surface area contributed by atoms with E-state index in [1.54, 1.807) is 0 Å². The molecule has 0 unspecified atom stereocenters. The molecule has 0 aliphatic rings. The lowest BCUT2D eigenvalue weighted by molar-refractivity contribution is 1.02. The quantitative estimate of drug-likeness (QED) is 0.162. The Balaban J connectivity index is 1.61. The van der Waals surface area contributed by atoms with Gasteiger partial charge in [-0.3, -0.25) is 0 Å². The first-order chi connectivity index (χ1) is 20.8. The van der Waals surface area contributed by atoms with E-state index in [4.69, 9.17) is 0 Å². The van der Waals surface area contributed by atoms with Crippen molar-refractivity contribution < 1.29 is 0 Å². The molecule has 0 bridgehead atoms. The molecule has 11 rings (SSSR count). The van der Waals surface area contributed by atoms with Crippen molar-refractivity contribution in [2.75, 3.05) is 0 Å². The SMILES string of the molecule is Cn1c2c3c4ccccc4sc3c3sc4ccccc4c3c2c2c3c4ccccc4sc3c3sc4ccccc4c3c21. The van der Waals surface area contributed by atoms with Crippen molar-refractivity contribution in [1.29, 1.82) is 0 Å². The van der Waals surface area contributed by atoms with Crippen LogP contribution in [-0.4, -0.2) is 4.57 Å². The summed E-state index contributed by atoms with van der Waals surface area (Å²) < 4.78 is 13.7. The van der Waals surface area contributed by atoms with Crippen molar-refractivity contribution in [3.63, 3.8) is 0 Å². The van der Waals surface area contributed by atoms with Gasteiger partial charge in [-0.15, -0.1) is 45.3 Å². The molecule has 42 heavy (non-hydrogen) atoms. The molecule has 0 N–H and O–H groups in total. The molecular formula is C37H19NS4. The molecule has 0 radical (unpaired) electrons. The van der Waals surface area contributed by atoms with Crippen LogP contribution < -0.4 is 0 Å². The molecule has 6 aromatic carbocycles. The lowest BCUT2D eigenvalue weighted by atomic mass is 9.98. The summed E-state index contributed by atoms with van der Waals surface area (Å²) >= 11 is 7.84. The Bertz CT molecular complexity index is 2770. The zero-order valence-electron chi connectivity index (χ0n) is 22.3. The number of nitrogens with zero attached hydrogens (tertiary/aromatic N) is 1. The van der Waals surface area contributed by atoms with E-state index in [0.717, 1.165) is 0 Å². The van der Waals surface area contributed by atoms with Crippen molar-refractivity contribution in [2.24, 2.45) is 7.05 Å². The summed E-state index contributed by atoms with van der Waals surface area (Å²) in [4.78, 5) is 0. The summed E-state index contributed by atoms with van der Waals surface area (Å²) in [5.41, 5.74) is 2.74. The second kappa shape index (κ2) is 7.68. The van der Waals surface area contributed by atoms with Gasteiger partial charge in [0, 0.05) is 79.7 Å². The Morgan fingerprint density at radius 3 is 1.00 bits per heavy atom. The van der Waals surface area contributed by atoms with Crippen LogP contribution in [0.1, 0.15) is 0 Å². The van der Waals surface area contributed by atoms with Gasteiger partial charge in [0.25, 0.3) is 0 Å². The van der Waals surface area contributed by atoms with Gasteiger partial charge in [-0.25, -0.2) is 0 Å². The first kappa shape index (κ1) is 22.6. The molecule has 0 fully saturated rings. The van der Waals surface area contributed by atoms with Gasteiger partial charge < -0.3 is 4.57 Å². The fourth-order valence-electron chi connectivity index (χ4n) is 7.54. The van der Waals surface area contributed by atoms with Gasteiger partial charge in [0.2, 0.25) is 0 Å². The molecule has 0 aliphatic heterocycles. The van der Waals surface area contributed by atoms with Gasteiger partial charge in [-0.05, 0) is 24.3 Å². The summed E-state index contributed by atoms with van der Waals surface area (Å²) in [5.74, 6) is 0. The van der Waals surface area contributed by atoms with E-state index in [9.17, 15) is 0 Å². The van der Waals surface area contributed by atoms with Gasteiger partial charge in [0.1, 0.15) is 0 Å². The Morgan fingerprint density at radius 2 is 0.643 bits per heavy atom. The highest BCUT2D eigenvalue weighted by Gasteiger charge is 2.27. The van der Waals surface area contributed by atoms with Crippen molar-refractivity contribution >= 4 is 148 Å². The zero-order valence-corrected chi connectivity index (χ0v) is 25.6. The van der Waals surface area contributed by atoms with E-state index in [2.05, 4.69) is 109 Å². The monoisotopic (exact) mass is 605 g/mol. The summed E-state index contributed by atoms with van der Waals surface area (Å²) in [6, 6.07) is 36.1. The minimum Gasteiger partial charge on any atom is -0.342 e. The summed E-state index contributed by atoms with van der Waals surface area (Å²) in [5, 5.41) is 14.0. The zero-order chi connectivity index (χ0) is 27.3. The lowest BCUT2D eigenvalue weighted by Gasteiger charge is -2.04. The second-order valence-corrected chi connectivity index (χ2v) is 15.4. The van der Waals surface area contributed by atoms with Crippen LogP contribution in [0.4, 0.5) is 0 Å². The number of rotatable bonds is 0. The highest BCUT2D eigenvalue weighted by atomic mass is 32.1. The Hall–Kier alpha value is -4.00. The first-order valence-corrected chi connectivity index (χ1v) is 17.4. The van der Waals surface area contributed by atoms with Crippen LogP contribution in [0.3, 0.4) is 0 Å². The maximum absolute atomic E-state index is 2.56. The largest absolute Gasteiger partial charge is 0.342 e.